The molecule has 0 aliphatic carbocycles. The molecule has 1 aliphatic heterocycles. The fraction of sp³-hybridized carbons (Fsp3) is 0.706. The maximum absolute atomic E-state index is 12.3. The third-order valence-electron chi connectivity index (χ3n) is 4.03. The lowest BCUT2D eigenvalue weighted by atomic mass is 10.1. The van der Waals surface area contributed by atoms with Gasteiger partial charge in [0.15, 0.2) is 0 Å². The highest BCUT2D eigenvalue weighted by Crippen LogP contribution is 2.12. The summed E-state index contributed by atoms with van der Waals surface area (Å²) >= 11 is 0. The van der Waals surface area contributed by atoms with Crippen LogP contribution in [-0.4, -0.2) is 72.8 Å². The van der Waals surface area contributed by atoms with Gasteiger partial charge in [0.1, 0.15) is 0 Å². The minimum absolute atomic E-state index is 0.0370. The molecule has 27 heavy (non-hydrogen) atoms. The Labute approximate surface area is 158 Å². The number of nitrogens with zero attached hydrogens (tertiary/aromatic N) is 2. The van der Waals surface area contributed by atoms with Gasteiger partial charge in [0.25, 0.3) is 11.8 Å². The van der Waals surface area contributed by atoms with Gasteiger partial charge >= 0.3 is 5.97 Å². The highest BCUT2D eigenvalue weighted by atomic mass is 16.7. The van der Waals surface area contributed by atoms with E-state index in [4.69, 9.17) is 4.84 Å². The van der Waals surface area contributed by atoms with E-state index in [1.807, 2.05) is 0 Å². The van der Waals surface area contributed by atoms with Crippen LogP contribution in [0.2, 0.25) is 0 Å². The number of amides is 4. The number of hydroxylamine groups is 2. The summed E-state index contributed by atoms with van der Waals surface area (Å²) in [5.41, 5.74) is 0. The minimum Gasteiger partial charge on any atom is -0.356 e. The molecule has 0 spiro atoms. The normalized spacial score (nSPS) is 15.0. The van der Waals surface area contributed by atoms with Gasteiger partial charge in [-0.05, 0) is 33.4 Å². The fourth-order valence-corrected chi connectivity index (χ4v) is 2.56. The SMILES string of the molecule is CN([13CH3])C(CCCCNC([13CH3])=O)C(=O)[15NH][13CH2]CC(=O)ON1C(=O)CCC1=O. The van der Waals surface area contributed by atoms with E-state index in [1.165, 1.54) is 6.92 Å². The lowest BCUT2D eigenvalue weighted by molar-refractivity contribution is -0.197. The molecule has 0 bridgehead atoms. The minimum atomic E-state index is -0.754. The molecule has 0 aromatic carbocycles. The number of nitrogens with one attached hydrogen (secondary N) is 2. The van der Waals surface area contributed by atoms with E-state index in [2.05, 4.69) is 10.6 Å². The van der Waals surface area contributed by atoms with Gasteiger partial charge in [-0.2, -0.15) is 0 Å². The first kappa shape index (κ1) is 22.6. The first-order valence-corrected chi connectivity index (χ1v) is 8.97. The Morgan fingerprint density at radius 2 is 1.70 bits per heavy atom. The summed E-state index contributed by atoms with van der Waals surface area (Å²) in [4.78, 5) is 64.1. The van der Waals surface area contributed by atoms with Gasteiger partial charge < -0.3 is 15.5 Å². The first-order valence-electron chi connectivity index (χ1n) is 8.97. The molecule has 0 radical (unpaired) electrons. The van der Waals surface area contributed by atoms with Crippen LogP contribution in [0.5, 0.6) is 0 Å². The number of likely N-dealkylation sites (N-methyl/N-ethyl adjacent to an activating group) is 1. The molecule has 0 aromatic heterocycles. The maximum Gasteiger partial charge on any atom is 0.334 e. The zero-order valence-corrected chi connectivity index (χ0v) is 16.1. The molecular weight excluding hydrogens is 360 g/mol. The van der Waals surface area contributed by atoms with Crippen LogP contribution in [0.4, 0.5) is 0 Å². The van der Waals surface area contributed by atoms with Gasteiger partial charge in [0.05, 0.1) is 12.5 Å². The Balaban J connectivity index is 2.30. The van der Waals surface area contributed by atoms with E-state index in [0.29, 0.717) is 18.0 Å². The molecule has 0 aromatic rings. The van der Waals surface area contributed by atoms with E-state index in [-0.39, 0.29) is 43.7 Å². The number of carbonyl (C=O) groups is 5. The molecule has 1 rings (SSSR count). The highest BCUT2D eigenvalue weighted by Gasteiger charge is 2.32. The predicted molar refractivity (Wildman–Crippen MR) is 94.8 cm³/mol. The molecule has 1 atom stereocenters. The molecule has 4 amide bonds. The Hall–Kier alpha value is -2.49. The monoisotopic (exact) mass is 388 g/mol. The zero-order valence-electron chi connectivity index (χ0n) is 16.1. The van der Waals surface area contributed by atoms with Crippen molar-refractivity contribution >= 4 is 29.6 Å². The van der Waals surface area contributed by atoms with E-state index < -0.39 is 17.8 Å². The lowest BCUT2D eigenvalue weighted by Gasteiger charge is -2.23. The van der Waals surface area contributed by atoms with Crippen molar-refractivity contribution in [2.45, 2.75) is 51.5 Å². The molecule has 10 heteroatoms. The summed E-state index contributed by atoms with van der Waals surface area (Å²) in [5, 5.41) is 5.85. The third kappa shape index (κ3) is 8.16. The second-order valence-corrected chi connectivity index (χ2v) is 6.54. The van der Waals surface area contributed by atoms with Crippen LogP contribution in [0.15, 0.2) is 0 Å². The van der Waals surface area contributed by atoms with Gasteiger partial charge in [0, 0.05) is 32.9 Å². The first-order chi connectivity index (χ1) is 12.7. The Kier molecular flexibility index (Phi) is 9.41. The van der Waals surface area contributed by atoms with Crippen molar-refractivity contribution in [3.05, 3.63) is 0 Å². The maximum atomic E-state index is 12.3. The second kappa shape index (κ2) is 11.3. The quantitative estimate of drug-likeness (QED) is 0.208. The zero-order chi connectivity index (χ0) is 20.4. The Morgan fingerprint density at radius 1 is 1.07 bits per heavy atom. The summed E-state index contributed by atoms with van der Waals surface area (Å²) in [6, 6.07) is -0.361. The molecule has 1 saturated heterocycles. The molecule has 1 fully saturated rings. The van der Waals surface area contributed by atoms with Crippen molar-refractivity contribution in [3.63, 3.8) is 0 Å². The van der Waals surface area contributed by atoms with Crippen LogP contribution in [-0.2, 0) is 28.8 Å². The number of rotatable bonds is 11. The van der Waals surface area contributed by atoms with Crippen LogP contribution in [0.3, 0.4) is 0 Å². The van der Waals surface area contributed by atoms with Crippen LogP contribution in [0.25, 0.3) is 0 Å². The van der Waals surface area contributed by atoms with Crippen molar-refractivity contribution < 1.29 is 28.8 Å². The Morgan fingerprint density at radius 3 is 2.26 bits per heavy atom. The van der Waals surface area contributed by atoms with Crippen LogP contribution >= 0.6 is 0 Å². The van der Waals surface area contributed by atoms with Gasteiger partial charge in [-0.15, -0.1) is 5.06 Å². The van der Waals surface area contributed by atoms with Gasteiger partial charge in [-0.25, -0.2) is 4.79 Å². The lowest BCUT2D eigenvalue weighted by Crippen LogP contribution is -2.44. The van der Waals surface area contributed by atoms with Crippen molar-refractivity contribution in [3.8, 4) is 0 Å². The largest absolute Gasteiger partial charge is 0.356 e. The van der Waals surface area contributed by atoms with Crippen molar-refractivity contribution in [2.24, 2.45) is 0 Å². The van der Waals surface area contributed by atoms with Crippen LogP contribution < -0.4 is 10.6 Å². The third-order valence-corrected chi connectivity index (χ3v) is 4.03. The van der Waals surface area contributed by atoms with Gasteiger partial charge in [0.2, 0.25) is 11.8 Å². The molecule has 1 heterocycles. The summed E-state index contributed by atoms with van der Waals surface area (Å²) in [6.45, 7) is 2.07. The fourth-order valence-electron chi connectivity index (χ4n) is 2.56. The average Bonchev–Trinajstić information content (AvgIpc) is 2.89. The van der Waals surface area contributed by atoms with E-state index in [9.17, 15) is 24.0 Å². The summed E-state index contributed by atoms with van der Waals surface area (Å²) < 4.78 is 0. The van der Waals surface area contributed by atoms with Crippen molar-refractivity contribution in [1.29, 1.82) is 0 Å². The van der Waals surface area contributed by atoms with E-state index in [0.717, 1.165) is 12.8 Å². The standard InChI is InChI=1S/C17H28N4O6/c1-12(22)18-10-5-4-6-13(20(2)3)17(26)19-11-9-16(25)27-21-14(23)7-8-15(21)24/h13H,4-11H2,1-3H3,(H,18,22)(H,19,26)/i1+1,2+1,11+1,19+1. The molecular formula is C17H28N4O6. The average molecular weight is 388 g/mol. The molecule has 2 N–H and O–H groups in total. The summed E-state index contributed by atoms with van der Waals surface area (Å²) in [5.74, 6) is -2.13. The summed E-state index contributed by atoms with van der Waals surface area (Å²) in [7, 11) is 3.58. The number of imide groups is 1. The topological polar surface area (TPSA) is 125 Å². The van der Waals surface area contributed by atoms with Crippen molar-refractivity contribution in [2.75, 3.05) is 27.2 Å². The Bertz CT molecular complexity index is 562. The van der Waals surface area contributed by atoms with Crippen LogP contribution in [0, 0.1) is 0 Å². The van der Waals surface area contributed by atoms with Crippen LogP contribution in [0.1, 0.15) is 45.4 Å². The number of hydrogen-bond acceptors (Lipinski definition) is 7. The van der Waals surface area contributed by atoms with Gasteiger partial charge in [-0.3, -0.25) is 24.1 Å². The number of hydrogen-bond donors (Lipinski definition) is 2. The predicted octanol–water partition coefficient (Wildman–Crippen LogP) is -0.663. The highest BCUT2D eigenvalue weighted by molar-refractivity contribution is 6.01. The second-order valence-electron chi connectivity index (χ2n) is 6.54. The van der Waals surface area contributed by atoms with Gasteiger partial charge in [-0.1, -0.05) is 0 Å². The summed E-state index contributed by atoms with van der Waals surface area (Å²) in [6.07, 6.45) is 2.06. The molecule has 0 saturated carbocycles. The number of unbranched alkanes of at least 4 members (excludes halogenated alkanes) is 1. The molecule has 10 nitrogen and oxygen atoms in total. The smallest absolute Gasteiger partial charge is 0.334 e. The molecule has 1 unspecified atom stereocenters. The van der Waals surface area contributed by atoms with E-state index in [1.54, 1.807) is 19.0 Å². The van der Waals surface area contributed by atoms with E-state index >= 15 is 0 Å². The number of carbonyl (C=O) groups excluding carboxylic acids is 5. The van der Waals surface area contributed by atoms with Crippen molar-refractivity contribution in [1.82, 2.24) is 20.6 Å². The molecule has 1 aliphatic rings. The molecule has 152 valence electrons.